The number of unbranched alkanes of at least 4 members (excludes halogenated alkanes) is 3. The Morgan fingerprint density at radius 1 is 0.295 bits per heavy atom. The van der Waals surface area contributed by atoms with E-state index < -0.39 is 28.2 Å². The highest BCUT2D eigenvalue weighted by Gasteiger charge is 3.01. The largest absolute Gasteiger partial charge is 0.463 e. The first-order chi connectivity index (χ1) is 43.6. The van der Waals surface area contributed by atoms with Crippen molar-refractivity contribution in [2.45, 2.75) is 56.5 Å². The van der Waals surface area contributed by atoms with Gasteiger partial charge >= 0.3 is 17.9 Å². The molecule has 29 aromatic carbocycles. The van der Waals surface area contributed by atoms with Crippen LogP contribution in [0.5, 0.6) is 0 Å². The highest BCUT2D eigenvalue weighted by Crippen LogP contribution is 2.96. The minimum atomic E-state index is -1.87. The van der Waals surface area contributed by atoms with Gasteiger partial charge in [-0.15, -0.1) is 0 Å². The maximum atomic E-state index is 17.6. The first-order valence-electron chi connectivity index (χ1n) is 32.5. The van der Waals surface area contributed by atoms with E-state index in [-0.39, 0.29) is 39.0 Å². The van der Waals surface area contributed by atoms with Crippen LogP contribution in [-0.2, 0) is 50.8 Å². The van der Waals surface area contributed by atoms with Crippen LogP contribution in [0, 0.1) is 5.41 Å². The fourth-order valence-electron chi connectivity index (χ4n) is 27.5. The minimum absolute atomic E-state index is 0.0280. The lowest BCUT2D eigenvalue weighted by Crippen LogP contribution is -2.39. The van der Waals surface area contributed by atoms with Crippen molar-refractivity contribution in [1.29, 1.82) is 0 Å². The molecular weight excluding hydrogens is 1080 g/mol. The predicted octanol–water partition coefficient (Wildman–Crippen LogP) is 19.1. The third-order valence-corrected chi connectivity index (χ3v) is 28.4. The molecule has 5 aliphatic rings. The van der Waals surface area contributed by atoms with E-state index in [4.69, 9.17) is 18.9 Å². The van der Waals surface area contributed by atoms with Crippen molar-refractivity contribution in [3.8, 4) is 0 Å². The topological polar surface area (TPSA) is 88.1 Å². The van der Waals surface area contributed by atoms with Gasteiger partial charge in [0, 0.05) is 6.42 Å². The molecule has 0 unspecified atom stereocenters. The third kappa shape index (κ3) is 2.43. The summed E-state index contributed by atoms with van der Waals surface area (Å²) in [6, 6.07) is 10.1. The van der Waals surface area contributed by atoms with Gasteiger partial charge in [-0.1, -0.05) is 56.5 Å². The van der Waals surface area contributed by atoms with Crippen LogP contribution in [0.1, 0.15) is 66.8 Å². The summed E-state index contributed by atoms with van der Waals surface area (Å²) in [5.41, 5.74) is 1.45. The molecule has 7 heteroatoms. The number of hydrogen-bond acceptors (Lipinski definition) is 7. The lowest BCUT2D eigenvalue weighted by atomic mass is 9.68. The number of carbonyl (C=O) groups is 3. The fourth-order valence-corrected chi connectivity index (χ4v) is 27.5. The van der Waals surface area contributed by atoms with E-state index in [1.807, 2.05) is 30.3 Å². The molecule has 0 radical (unpaired) electrons. The van der Waals surface area contributed by atoms with Gasteiger partial charge in [0.1, 0.15) is 19.8 Å². The average molecular weight is 1110 g/mol. The van der Waals surface area contributed by atoms with E-state index in [2.05, 4.69) is 6.92 Å². The monoisotopic (exact) mass is 1110 g/mol. The molecule has 0 aliphatic heterocycles. The molecule has 0 N–H and O–H groups in total. The molecule has 0 bridgehead atoms. The standard InChI is InChI=1S/C81H28O7/c1-2-3-4-8-11-18(82)86-14-12-85-13-15-87-77(83)81(78(84)88-16-17-9-6-5-7-10-17)79-73-65-57-47-37-29-21-19-20-23-27-25(21)33-41-35(27)45-39-31(23)32-24(20)28-26-22(19)30(29)38-44-34(26)42-36(28)46-40(32)50-49(39)59-53(45)63-55(41)61(51(57)43(33)37)69(73)71(63)75-67(59)68-60(50)54(46)64-56(42)62-52(44)58(48(38)47)66(65)74(79)70(62)72(64)76(68)80(75,79)81/h5-7,9-10H,2-4,8,11-16H2,1H3. The van der Waals surface area contributed by atoms with Crippen LogP contribution in [0.2, 0.25) is 0 Å². The van der Waals surface area contributed by atoms with Crippen molar-refractivity contribution >= 4 is 309 Å². The van der Waals surface area contributed by atoms with Gasteiger partial charge in [0.05, 0.1) is 24.0 Å². The van der Waals surface area contributed by atoms with Gasteiger partial charge in [0.25, 0.3) is 0 Å². The van der Waals surface area contributed by atoms with E-state index in [1.165, 1.54) is 302 Å². The van der Waals surface area contributed by atoms with Crippen molar-refractivity contribution in [3.63, 3.8) is 0 Å². The Hall–Kier alpha value is -9.95. The maximum Gasteiger partial charge on any atom is 0.326 e. The first-order valence-corrected chi connectivity index (χ1v) is 32.5. The molecule has 34 rings (SSSR count). The van der Waals surface area contributed by atoms with Crippen molar-refractivity contribution in [2.75, 3.05) is 26.4 Å². The normalized spacial score (nSPS) is 21.6. The van der Waals surface area contributed by atoms with Gasteiger partial charge in [0.15, 0.2) is 5.41 Å². The third-order valence-electron chi connectivity index (χ3n) is 28.4. The van der Waals surface area contributed by atoms with Gasteiger partial charge < -0.3 is 18.9 Å². The number of carbonyl (C=O) groups excluding carboxylic acids is 3. The smallest absolute Gasteiger partial charge is 0.326 e. The van der Waals surface area contributed by atoms with Crippen LogP contribution in [-0.4, -0.2) is 44.3 Å². The molecule has 7 nitrogen and oxygen atoms in total. The van der Waals surface area contributed by atoms with Crippen LogP contribution in [0.4, 0.5) is 0 Å². The van der Waals surface area contributed by atoms with Crippen LogP contribution < -0.4 is 0 Å². The molecule has 0 heterocycles. The Morgan fingerprint density at radius 3 is 0.841 bits per heavy atom. The SMILES string of the molecule is CCCCCCC(=O)OCCOCCOC(=O)C1(C(=O)OCc2ccccc2)C23c4c5c6c7c8c9c(c%10c%11c2c2c4c4c%12c5c5c6c6c8c8c%13c9c9c%10c%10c%11c%11c2c2c4c4c%12c%12c5c5c6c8c6c8c%13c9c9c%10c%10c%11c2c2c4c4c%12c5c6c5c8c9c%10c2c45)C713. The van der Waals surface area contributed by atoms with E-state index in [9.17, 15) is 4.79 Å². The zero-order valence-electron chi connectivity index (χ0n) is 46.3. The van der Waals surface area contributed by atoms with E-state index in [0.717, 1.165) is 31.2 Å². The number of ether oxygens (including phenoxy) is 4. The number of benzene rings is 19. The van der Waals surface area contributed by atoms with Crippen LogP contribution in [0.3, 0.4) is 0 Å². The molecule has 29 aromatic rings. The molecule has 394 valence electrons. The molecular formula is C81H28O7. The quantitative estimate of drug-likeness (QED) is 0.0332. The Kier molecular flexibility index (Phi) is 4.27. The molecule has 5 aliphatic carbocycles. The molecule has 0 amide bonds. The summed E-state index contributed by atoms with van der Waals surface area (Å²) < 4.78 is 26.0. The predicted molar refractivity (Wildman–Crippen MR) is 354 cm³/mol. The molecule has 88 heavy (non-hydrogen) atoms. The van der Waals surface area contributed by atoms with Crippen LogP contribution in [0.25, 0.3) is 291 Å². The summed E-state index contributed by atoms with van der Waals surface area (Å²) in [6.45, 7) is 2.52. The number of hydrogen-bond donors (Lipinski definition) is 0. The van der Waals surface area contributed by atoms with E-state index in [0.29, 0.717) is 6.42 Å². The summed E-state index contributed by atoms with van der Waals surface area (Å²) in [4.78, 5) is 47.8. The maximum absolute atomic E-state index is 17.6. The fraction of sp³-hybridized carbons (Fsp3) is 0.173. The Balaban J connectivity index is 0.828. The van der Waals surface area contributed by atoms with Gasteiger partial charge in [-0.3, -0.25) is 14.4 Å². The number of esters is 3. The zero-order valence-corrected chi connectivity index (χ0v) is 46.3. The summed E-state index contributed by atoms with van der Waals surface area (Å²) in [5, 5.41) is 78.0. The van der Waals surface area contributed by atoms with Gasteiger partial charge in [-0.2, -0.15) is 0 Å². The zero-order chi connectivity index (χ0) is 54.7. The molecule has 0 aromatic heterocycles. The molecule has 0 saturated heterocycles. The van der Waals surface area contributed by atoms with Gasteiger partial charge in [0.2, 0.25) is 0 Å². The van der Waals surface area contributed by atoms with Crippen molar-refractivity contribution in [2.24, 2.45) is 5.41 Å². The van der Waals surface area contributed by atoms with Crippen LogP contribution >= 0.6 is 0 Å². The Morgan fingerprint density at radius 2 is 0.557 bits per heavy atom. The lowest BCUT2D eigenvalue weighted by molar-refractivity contribution is -0.168. The van der Waals surface area contributed by atoms with Crippen molar-refractivity contribution < 1.29 is 33.3 Å². The second kappa shape index (κ2) is 9.82. The first kappa shape index (κ1) is 38.3. The Bertz CT molecular complexity index is 7430. The molecule has 0 atom stereocenters. The highest BCUT2D eigenvalue weighted by molar-refractivity contribution is 6.82. The number of rotatable bonds is 15. The van der Waals surface area contributed by atoms with E-state index >= 15 is 9.59 Å². The molecule has 2 spiro atoms. The second-order valence-electron chi connectivity index (χ2n) is 29.8. The lowest BCUT2D eigenvalue weighted by Gasteiger charge is -2.32. The molecule has 1 saturated carbocycles. The van der Waals surface area contributed by atoms with E-state index in [1.54, 1.807) is 10.8 Å². The average Bonchev–Trinajstić information content (AvgIpc) is 1.36. The second-order valence-corrected chi connectivity index (χ2v) is 29.8. The van der Waals surface area contributed by atoms with Gasteiger partial charge in [-0.25, -0.2) is 0 Å². The van der Waals surface area contributed by atoms with Crippen molar-refractivity contribution in [1.82, 2.24) is 0 Å². The summed E-state index contributed by atoms with van der Waals surface area (Å²) >= 11 is 0. The summed E-state index contributed by atoms with van der Waals surface area (Å²) in [7, 11) is 0. The molecule has 1 fully saturated rings. The minimum Gasteiger partial charge on any atom is -0.463 e. The summed E-state index contributed by atoms with van der Waals surface area (Å²) in [6.07, 6.45) is 4.43. The van der Waals surface area contributed by atoms with Crippen molar-refractivity contribution in [3.05, 3.63) is 58.1 Å². The highest BCUT2D eigenvalue weighted by atomic mass is 16.6. The van der Waals surface area contributed by atoms with Crippen LogP contribution in [0.15, 0.2) is 30.3 Å². The Labute approximate surface area is 485 Å². The van der Waals surface area contributed by atoms with Gasteiger partial charge in [-0.05, 0) is 325 Å². The summed E-state index contributed by atoms with van der Waals surface area (Å²) in [5.74, 6) is -1.21.